The summed E-state index contributed by atoms with van der Waals surface area (Å²) in [5.74, 6) is 8.39. The Hall–Kier alpha value is -2.28. The average molecular weight is 323 g/mol. The number of nitriles is 1. The molecule has 2 rings (SSSR count). The van der Waals surface area contributed by atoms with Gasteiger partial charge in [0.2, 0.25) is 6.41 Å². The van der Waals surface area contributed by atoms with Crippen molar-refractivity contribution in [2.75, 3.05) is 26.7 Å². The van der Waals surface area contributed by atoms with Gasteiger partial charge in [-0.1, -0.05) is 24.0 Å². The fourth-order valence-electron chi connectivity index (χ4n) is 2.85. The molecule has 1 fully saturated rings. The summed E-state index contributed by atoms with van der Waals surface area (Å²) in [6.45, 7) is 1.95. The molecule has 6 heteroatoms. The number of nitrogens with zero attached hydrogens (tertiary/aromatic N) is 3. The van der Waals surface area contributed by atoms with E-state index in [2.05, 4.69) is 22.7 Å². The smallest absolute Gasteiger partial charge is 0.270 e. The Morgan fingerprint density at radius 1 is 1.46 bits per heavy atom. The van der Waals surface area contributed by atoms with Gasteiger partial charge in [0, 0.05) is 24.1 Å². The summed E-state index contributed by atoms with van der Waals surface area (Å²) in [6, 6.07) is 7.59. The van der Waals surface area contributed by atoms with Crippen molar-refractivity contribution in [2.45, 2.75) is 25.3 Å². The zero-order chi connectivity index (χ0) is 17.4. The maximum absolute atomic E-state index is 11.3. The number of aliphatic hydroxyl groups excluding tert-OH is 1. The summed E-state index contributed by atoms with van der Waals surface area (Å²) in [7, 11) is 2.04. The largest absolute Gasteiger partial charge is 0.392 e. The van der Waals surface area contributed by atoms with Crippen LogP contribution in [0.2, 0.25) is 12.6 Å². The Morgan fingerprint density at radius 3 is 2.83 bits per heavy atom. The van der Waals surface area contributed by atoms with Gasteiger partial charge in [-0.25, -0.2) is 5.26 Å². The number of aliphatic hydroxyl groups is 1. The molecule has 0 spiro atoms. The molecule has 1 aromatic rings. The second-order valence-corrected chi connectivity index (χ2v) is 6.18. The first-order valence-electron chi connectivity index (χ1n) is 8.14. The molecule has 1 N–H and O–H groups in total. The van der Waals surface area contributed by atoms with E-state index in [-0.39, 0.29) is 19.4 Å². The van der Waals surface area contributed by atoms with E-state index in [0.29, 0.717) is 13.1 Å². The Balaban J connectivity index is 1.91. The number of amides is 1. The Morgan fingerprint density at radius 2 is 2.21 bits per heavy atom. The molecule has 0 radical (unpaired) electrons. The van der Waals surface area contributed by atoms with Crippen molar-refractivity contribution in [2.24, 2.45) is 0 Å². The third kappa shape index (κ3) is 5.13. The van der Waals surface area contributed by atoms with Crippen molar-refractivity contribution in [1.82, 2.24) is 9.80 Å². The van der Waals surface area contributed by atoms with Crippen LogP contribution in [0.5, 0.6) is 0 Å². The molecule has 0 saturated carbocycles. The zero-order valence-electron chi connectivity index (χ0n) is 14.0. The molecule has 1 amide bonds. The highest BCUT2D eigenvalue weighted by Gasteiger charge is 2.29. The summed E-state index contributed by atoms with van der Waals surface area (Å²) in [6.07, 6.45) is 2.52. The highest BCUT2D eigenvalue weighted by Crippen LogP contribution is 2.17. The maximum Gasteiger partial charge on any atom is 0.270 e. The SMILES string of the molecule is CN1CCB(C#N)CC1CN(C=O)CC#Cc1ccc(CO)cc1. The summed E-state index contributed by atoms with van der Waals surface area (Å²) in [5.41, 5.74) is 1.71. The highest BCUT2D eigenvalue weighted by molar-refractivity contribution is 6.67. The van der Waals surface area contributed by atoms with Gasteiger partial charge in [0.15, 0.2) is 0 Å². The Bertz CT molecular complexity index is 645. The van der Waals surface area contributed by atoms with E-state index in [4.69, 9.17) is 10.4 Å². The van der Waals surface area contributed by atoms with Crippen LogP contribution in [-0.2, 0) is 11.4 Å². The minimum Gasteiger partial charge on any atom is -0.392 e. The number of rotatable bonds is 5. The molecule has 1 aromatic carbocycles. The predicted molar refractivity (Wildman–Crippen MR) is 94.3 cm³/mol. The quantitative estimate of drug-likeness (QED) is 0.496. The van der Waals surface area contributed by atoms with E-state index in [1.807, 2.05) is 31.3 Å². The lowest BCUT2D eigenvalue weighted by Crippen LogP contribution is -2.48. The monoisotopic (exact) mass is 323 g/mol. The first-order valence-corrected chi connectivity index (χ1v) is 8.14. The van der Waals surface area contributed by atoms with Crippen molar-refractivity contribution in [3.05, 3.63) is 35.4 Å². The van der Waals surface area contributed by atoms with E-state index in [9.17, 15) is 4.79 Å². The number of likely N-dealkylation sites (N-methyl/N-ethyl adjacent to an activating group) is 1. The molecule has 1 aliphatic heterocycles. The van der Waals surface area contributed by atoms with Gasteiger partial charge in [0.1, 0.15) is 0 Å². The number of hydrogen-bond donors (Lipinski definition) is 1. The first-order chi connectivity index (χ1) is 11.7. The molecule has 0 aliphatic carbocycles. The maximum atomic E-state index is 11.3. The number of carbonyl (C=O) groups is 1. The molecular formula is C18H22BN3O2. The molecule has 1 aliphatic rings. The van der Waals surface area contributed by atoms with Gasteiger partial charge in [-0.2, -0.15) is 0 Å². The van der Waals surface area contributed by atoms with Gasteiger partial charge in [-0.3, -0.25) is 4.79 Å². The topological polar surface area (TPSA) is 67.6 Å². The van der Waals surface area contributed by atoms with Crippen LogP contribution >= 0.6 is 0 Å². The minimum absolute atomic E-state index is 0.0191. The van der Waals surface area contributed by atoms with Gasteiger partial charge < -0.3 is 14.9 Å². The average Bonchev–Trinajstić information content (AvgIpc) is 2.63. The normalized spacial score (nSPS) is 17.5. The van der Waals surface area contributed by atoms with Crippen molar-refractivity contribution >= 4 is 13.1 Å². The van der Waals surface area contributed by atoms with Crippen LogP contribution in [0.1, 0.15) is 11.1 Å². The van der Waals surface area contributed by atoms with Crippen molar-refractivity contribution < 1.29 is 9.90 Å². The second-order valence-electron chi connectivity index (χ2n) is 6.18. The summed E-state index contributed by atoms with van der Waals surface area (Å²) in [4.78, 5) is 15.2. The van der Waals surface area contributed by atoms with Gasteiger partial charge in [0.05, 0.1) is 13.2 Å². The fraction of sp³-hybridized carbons (Fsp3) is 0.444. The van der Waals surface area contributed by atoms with Gasteiger partial charge in [0.25, 0.3) is 6.71 Å². The van der Waals surface area contributed by atoms with Crippen LogP contribution in [0.15, 0.2) is 24.3 Å². The molecule has 24 heavy (non-hydrogen) atoms. The molecule has 0 aromatic heterocycles. The lowest BCUT2D eigenvalue weighted by Gasteiger charge is -2.35. The molecule has 1 heterocycles. The van der Waals surface area contributed by atoms with E-state index in [1.54, 1.807) is 4.90 Å². The van der Waals surface area contributed by atoms with Crippen LogP contribution in [-0.4, -0.2) is 60.8 Å². The van der Waals surface area contributed by atoms with E-state index in [1.165, 1.54) is 0 Å². The van der Waals surface area contributed by atoms with E-state index in [0.717, 1.165) is 36.7 Å². The molecule has 1 atom stereocenters. The lowest BCUT2D eigenvalue weighted by atomic mass is 9.43. The summed E-state index contributed by atoms with van der Waals surface area (Å²) >= 11 is 0. The third-order valence-corrected chi connectivity index (χ3v) is 4.44. The Kier molecular flexibility index (Phi) is 6.87. The highest BCUT2D eigenvalue weighted by atomic mass is 16.3. The number of benzene rings is 1. The molecule has 1 unspecified atom stereocenters. The number of hydrogen-bond acceptors (Lipinski definition) is 4. The van der Waals surface area contributed by atoms with Gasteiger partial charge >= 0.3 is 0 Å². The molecule has 0 bridgehead atoms. The zero-order valence-corrected chi connectivity index (χ0v) is 14.0. The first kappa shape index (κ1) is 18.1. The minimum atomic E-state index is 0.0191. The van der Waals surface area contributed by atoms with Crippen molar-refractivity contribution in [3.8, 4) is 17.8 Å². The molecule has 124 valence electrons. The number of carbonyl (C=O) groups excluding carboxylic acids is 1. The van der Waals surface area contributed by atoms with Crippen LogP contribution in [0.25, 0.3) is 0 Å². The molecule has 1 saturated heterocycles. The molecule has 5 nitrogen and oxygen atoms in total. The van der Waals surface area contributed by atoms with Crippen LogP contribution in [0, 0.1) is 23.1 Å². The summed E-state index contributed by atoms with van der Waals surface area (Å²) < 4.78 is 0. The van der Waals surface area contributed by atoms with Gasteiger partial charge in [-0.15, -0.1) is 0 Å². The lowest BCUT2D eigenvalue weighted by molar-refractivity contribution is -0.118. The Labute approximate surface area is 143 Å². The van der Waals surface area contributed by atoms with Crippen LogP contribution < -0.4 is 0 Å². The standard InChI is InChI=1S/C18H22BN3O2/c1-21-10-8-19(14-20)11-18(21)12-22(15-24)9-2-3-16-4-6-17(13-23)7-5-16/h4-7,15,18,23H,8-13H2,1H3. The van der Waals surface area contributed by atoms with Gasteiger partial charge in [-0.05, 0) is 43.9 Å². The van der Waals surface area contributed by atoms with Crippen molar-refractivity contribution in [3.63, 3.8) is 0 Å². The van der Waals surface area contributed by atoms with E-state index >= 15 is 0 Å². The fourth-order valence-corrected chi connectivity index (χ4v) is 2.85. The van der Waals surface area contributed by atoms with Crippen LogP contribution in [0.3, 0.4) is 0 Å². The third-order valence-electron chi connectivity index (χ3n) is 4.44. The molecular weight excluding hydrogens is 301 g/mol. The second kappa shape index (κ2) is 9.13. The van der Waals surface area contributed by atoms with Crippen LogP contribution in [0.4, 0.5) is 0 Å². The van der Waals surface area contributed by atoms with Crippen molar-refractivity contribution in [1.29, 1.82) is 5.26 Å². The predicted octanol–water partition coefficient (Wildman–Crippen LogP) is 0.860. The summed E-state index contributed by atoms with van der Waals surface area (Å²) in [5, 5.41) is 18.1. The van der Waals surface area contributed by atoms with E-state index < -0.39 is 0 Å².